The highest BCUT2D eigenvalue weighted by atomic mass is 35.5. The summed E-state index contributed by atoms with van der Waals surface area (Å²) in [6, 6.07) is 16.9. The average Bonchev–Trinajstić information content (AvgIpc) is 3.29. The van der Waals surface area contributed by atoms with Crippen LogP contribution in [-0.4, -0.2) is 33.5 Å². The summed E-state index contributed by atoms with van der Waals surface area (Å²) in [5.41, 5.74) is 1.92. The molecule has 0 N–H and O–H groups in total. The van der Waals surface area contributed by atoms with Crippen LogP contribution in [-0.2, 0) is 16.1 Å². The summed E-state index contributed by atoms with van der Waals surface area (Å²) in [4.78, 5) is 63.3. The Morgan fingerprint density at radius 3 is 2.06 bits per heavy atom. The van der Waals surface area contributed by atoms with E-state index in [1.807, 2.05) is 0 Å². The summed E-state index contributed by atoms with van der Waals surface area (Å²) in [5.74, 6) is -1.98. The highest BCUT2D eigenvalue weighted by Crippen LogP contribution is 2.43. The Balaban J connectivity index is 1.48. The zero-order chi connectivity index (χ0) is 25.7. The van der Waals surface area contributed by atoms with E-state index in [1.165, 1.54) is 25.1 Å². The Bertz CT molecular complexity index is 1510. The molecule has 9 nitrogen and oxygen atoms in total. The molecule has 0 unspecified atom stereocenters. The maximum absolute atomic E-state index is 13.1. The molecule has 0 saturated heterocycles. The Morgan fingerprint density at radius 1 is 0.889 bits per heavy atom. The Labute approximate surface area is 209 Å². The molecule has 36 heavy (non-hydrogen) atoms. The molecule has 3 aromatic rings. The van der Waals surface area contributed by atoms with Gasteiger partial charge in [0, 0.05) is 24.6 Å². The van der Waals surface area contributed by atoms with Gasteiger partial charge in [0.1, 0.15) is 0 Å². The lowest BCUT2D eigenvalue weighted by atomic mass is 10.0. The zero-order valence-electron chi connectivity index (χ0n) is 18.7. The Morgan fingerprint density at radius 2 is 1.50 bits per heavy atom. The molecule has 178 valence electrons. The number of anilines is 1. The van der Waals surface area contributed by atoms with E-state index in [-0.39, 0.29) is 45.9 Å². The standard InChI is InChI=1S/C26H16ClN3O6/c1-14(31)29-21-11-10-17(30(35)36)12-20(21)22(26(29)34)23(27)16-8-6-15(7-9-16)13-28-24(32)18-4-2-3-5-19(18)25(28)33/h2-12H,13H2,1H3/b23-22+. The van der Waals surface area contributed by atoms with Gasteiger partial charge in [0.2, 0.25) is 5.91 Å². The normalized spacial score (nSPS) is 15.8. The van der Waals surface area contributed by atoms with Gasteiger partial charge in [-0.25, -0.2) is 4.90 Å². The number of non-ortho nitro benzene ring substituents is 1. The number of halogens is 1. The molecule has 0 radical (unpaired) electrons. The molecule has 2 aliphatic rings. The first-order valence-corrected chi connectivity index (χ1v) is 11.1. The van der Waals surface area contributed by atoms with Crippen molar-refractivity contribution < 1.29 is 24.1 Å². The third-order valence-corrected chi connectivity index (χ3v) is 6.49. The van der Waals surface area contributed by atoms with Crippen molar-refractivity contribution in [1.29, 1.82) is 0 Å². The minimum atomic E-state index is -0.682. The van der Waals surface area contributed by atoms with E-state index in [9.17, 15) is 29.3 Å². The van der Waals surface area contributed by atoms with E-state index in [4.69, 9.17) is 11.6 Å². The Hall–Kier alpha value is -4.63. The molecule has 2 aliphatic heterocycles. The molecule has 4 amide bonds. The molecule has 5 rings (SSSR count). The third-order valence-electron chi connectivity index (χ3n) is 6.08. The summed E-state index contributed by atoms with van der Waals surface area (Å²) >= 11 is 6.60. The van der Waals surface area contributed by atoms with E-state index in [2.05, 4.69) is 0 Å². The number of nitro benzene ring substituents is 1. The van der Waals surface area contributed by atoms with Crippen molar-refractivity contribution in [2.45, 2.75) is 13.5 Å². The van der Waals surface area contributed by atoms with E-state index < -0.39 is 16.7 Å². The van der Waals surface area contributed by atoms with Crippen LogP contribution in [0.25, 0.3) is 10.6 Å². The van der Waals surface area contributed by atoms with Crippen LogP contribution in [0.1, 0.15) is 44.3 Å². The second kappa shape index (κ2) is 8.54. The maximum atomic E-state index is 13.1. The second-order valence-electron chi connectivity index (χ2n) is 8.25. The summed E-state index contributed by atoms with van der Waals surface area (Å²) in [5, 5.41) is 11.3. The maximum Gasteiger partial charge on any atom is 0.270 e. The van der Waals surface area contributed by atoms with Crippen molar-refractivity contribution in [2.75, 3.05) is 4.90 Å². The number of carbonyl (C=O) groups is 4. The zero-order valence-corrected chi connectivity index (χ0v) is 19.5. The predicted octanol–water partition coefficient (Wildman–Crippen LogP) is 4.39. The third kappa shape index (κ3) is 3.57. The largest absolute Gasteiger partial charge is 0.274 e. The number of hydrogen-bond donors (Lipinski definition) is 0. The van der Waals surface area contributed by atoms with Crippen molar-refractivity contribution in [3.8, 4) is 0 Å². The van der Waals surface area contributed by atoms with Gasteiger partial charge in [-0.1, -0.05) is 48.0 Å². The number of amides is 4. The fraction of sp³-hybridized carbons (Fsp3) is 0.0769. The number of benzene rings is 3. The van der Waals surface area contributed by atoms with Gasteiger partial charge in [-0.05, 0) is 29.3 Å². The minimum absolute atomic E-state index is 0.0118. The van der Waals surface area contributed by atoms with Crippen molar-refractivity contribution in [3.05, 3.63) is 105 Å². The first kappa shape index (κ1) is 23.1. The van der Waals surface area contributed by atoms with Crippen molar-refractivity contribution >= 4 is 57.2 Å². The lowest BCUT2D eigenvalue weighted by Crippen LogP contribution is -2.31. The van der Waals surface area contributed by atoms with Crippen LogP contribution in [0.2, 0.25) is 0 Å². The minimum Gasteiger partial charge on any atom is -0.274 e. The van der Waals surface area contributed by atoms with E-state index >= 15 is 0 Å². The fourth-order valence-electron chi connectivity index (χ4n) is 4.36. The number of carbonyl (C=O) groups excluding carboxylic acids is 4. The van der Waals surface area contributed by atoms with Crippen LogP contribution in [0, 0.1) is 10.1 Å². The van der Waals surface area contributed by atoms with Crippen LogP contribution in [0.5, 0.6) is 0 Å². The van der Waals surface area contributed by atoms with Crippen LogP contribution in [0.4, 0.5) is 11.4 Å². The number of rotatable bonds is 4. The molecule has 0 aromatic heterocycles. The molecule has 0 bridgehead atoms. The lowest BCUT2D eigenvalue weighted by Gasteiger charge is -2.14. The highest BCUT2D eigenvalue weighted by Gasteiger charge is 2.38. The fourth-order valence-corrected chi connectivity index (χ4v) is 4.67. The Kier molecular flexibility index (Phi) is 5.49. The summed E-state index contributed by atoms with van der Waals surface area (Å²) < 4.78 is 0. The number of nitrogens with zero attached hydrogens (tertiary/aromatic N) is 3. The van der Waals surface area contributed by atoms with Gasteiger partial charge in [0.25, 0.3) is 23.4 Å². The van der Waals surface area contributed by atoms with E-state index in [0.29, 0.717) is 22.3 Å². The number of hydrogen-bond acceptors (Lipinski definition) is 6. The summed E-state index contributed by atoms with van der Waals surface area (Å²) in [6.45, 7) is 1.26. The first-order valence-electron chi connectivity index (χ1n) is 10.8. The molecular formula is C26H16ClN3O6. The van der Waals surface area contributed by atoms with Gasteiger partial charge in [-0.15, -0.1) is 0 Å². The van der Waals surface area contributed by atoms with Crippen molar-refractivity contribution in [2.24, 2.45) is 0 Å². The SMILES string of the molecule is CC(=O)N1C(=O)/C(=C(/Cl)c2ccc(CN3C(=O)c4ccccc4C3=O)cc2)c2cc([N+](=O)[O-])ccc21. The number of fused-ring (bicyclic) bond motifs is 2. The van der Waals surface area contributed by atoms with E-state index in [0.717, 1.165) is 9.80 Å². The highest BCUT2D eigenvalue weighted by molar-refractivity contribution is 6.60. The van der Waals surface area contributed by atoms with Gasteiger partial charge in [-0.3, -0.25) is 34.2 Å². The van der Waals surface area contributed by atoms with Gasteiger partial charge in [-0.2, -0.15) is 0 Å². The average molecular weight is 502 g/mol. The smallest absolute Gasteiger partial charge is 0.270 e. The molecule has 3 aromatic carbocycles. The molecule has 10 heteroatoms. The molecule has 0 spiro atoms. The molecule has 0 saturated carbocycles. The molecular weight excluding hydrogens is 486 g/mol. The monoisotopic (exact) mass is 501 g/mol. The van der Waals surface area contributed by atoms with Crippen molar-refractivity contribution in [1.82, 2.24) is 4.90 Å². The van der Waals surface area contributed by atoms with Crippen LogP contribution in [0.15, 0.2) is 66.7 Å². The van der Waals surface area contributed by atoms with Gasteiger partial charge in [0.15, 0.2) is 0 Å². The molecule has 2 heterocycles. The van der Waals surface area contributed by atoms with Crippen LogP contribution in [0.3, 0.4) is 0 Å². The van der Waals surface area contributed by atoms with Gasteiger partial charge >= 0.3 is 0 Å². The number of nitro groups is 1. The van der Waals surface area contributed by atoms with Crippen molar-refractivity contribution in [3.63, 3.8) is 0 Å². The second-order valence-corrected chi connectivity index (χ2v) is 8.62. The quantitative estimate of drug-likeness (QED) is 0.226. The van der Waals surface area contributed by atoms with Gasteiger partial charge < -0.3 is 0 Å². The molecule has 0 aliphatic carbocycles. The molecule has 0 fully saturated rings. The predicted molar refractivity (Wildman–Crippen MR) is 131 cm³/mol. The topological polar surface area (TPSA) is 118 Å². The summed E-state index contributed by atoms with van der Waals surface area (Å²) in [6.07, 6.45) is 0. The molecule has 0 atom stereocenters. The summed E-state index contributed by atoms with van der Waals surface area (Å²) in [7, 11) is 0. The van der Waals surface area contributed by atoms with Gasteiger partial charge in [0.05, 0.1) is 38.9 Å². The van der Waals surface area contributed by atoms with E-state index in [1.54, 1.807) is 48.5 Å². The lowest BCUT2D eigenvalue weighted by molar-refractivity contribution is -0.384. The van der Waals surface area contributed by atoms with Crippen LogP contribution < -0.4 is 4.90 Å². The first-order chi connectivity index (χ1) is 17.2. The number of imide groups is 2. The van der Waals surface area contributed by atoms with Crippen LogP contribution >= 0.6 is 11.6 Å².